The standard InChI is InChI=1S/C16H17NO5S/c1-2-5-21-14-8-11(9-15-13(14)3-6-22-15)16(18)17-12-4-7-23(19,20)10-12/h2-3,6,8-9,12H,1,4-5,7,10H2,(H,17,18). The minimum atomic E-state index is -3.04. The van der Waals surface area contributed by atoms with Crippen molar-refractivity contribution in [3.05, 3.63) is 42.7 Å². The monoisotopic (exact) mass is 335 g/mol. The van der Waals surface area contributed by atoms with E-state index in [9.17, 15) is 13.2 Å². The van der Waals surface area contributed by atoms with Crippen molar-refractivity contribution in [1.29, 1.82) is 0 Å². The average molecular weight is 335 g/mol. The Kier molecular flexibility index (Phi) is 4.12. The number of amides is 1. The van der Waals surface area contributed by atoms with Crippen molar-refractivity contribution >= 4 is 26.7 Å². The molecule has 23 heavy (non-hydrogen) atoms. The highest BCUT2D eigenvalue weighted by atomic mass is 32.2. The molecule has 1 aromatic heterocycles. The molecule has 2 heterocycles. The van der Waals surface area contributed by atoms with E-state index in [0.717, 1.165) is 5.39 Å². The van der Waals surface area contributed by atoms with E-state index in [0.29, 0.717) is 29.9 Å². The van der Waals surface area contributed by atoms with Gasteiger partial charge in [0.1, 0.15) is 17.9 Å². The average Bonchev–Trinajstić information content (AvgIpc) is 3.10. The number of ether oxygens (including phenoxy) is 1. The van der Waals surface area contributed by atoms with Crippen LogP contribution in [0.2, 0.25) is 0 Å². The molecule has 1 unspecified atom stereocenters. The van der Waals surface area contributed by atoms with E-state index in [2.05, 4.69) is 11.9 Å². The second kappa shape index (κ2) is 6.08. The highest BCUT2D eigenvalue weighted by Crippen LogP contribution is 2.29. The number of carbonyl (C=O) groups is 1. The lowest BCUT2D eigenvalue weighted by atomic mass is 10.1. The van der Waals surface area contributed by atoms with Crippen LogP contribution in [0.3, 0.4) is 0 Å². The maximum absolute atomic E-state index is 12.4. The van der Waals surface area contributed by atoms with Gasteiger partial charge in [-0.2, -0.15) is 0 Å². The Labute approximate surface area is 134 Å². The first-order valence-corrected chi connectivity index (χ1v) is 9.07. The second-order valence-corrected chi connectivity index (χ2v) is 7.71. The van der Waals surface area contributed by atoms with Crippen LogP contribution in [0.4, 0.5) is 0 Å². The summed E-state index contributed by atoms with van der Waals surface area (Å²) in [4.78, 5) is 12.4. The summed E-state index contributed by atoms with van der Waals surface area (Å²) >= 11 is 0. The van der Waals surface area contributed by atoms with Gasteiger partial charge in [-0.05, 0) is 24.6 Å². The molecule has 0 bridgehead atoms. The first-order chi connectivity index (χ1) is 11.0. The largest absolute Gasteiger partial charge is 0.489 e. The van der Waals surface area contributed by atoms with Crippen molar-refractivity contribution < 1.29 is 22.4 Å². The number of hydrogen-bond donors (Lipinski definition) is 1. The summed E-state index contributed by atoms with van der Waals surface area (Å²) in [5.74, 6) is 0.291. The predicted molar refractivity (Wildman–Crippen MR) is 86.4 cm³/mol. The Morgan fingerprint density at radius 2 is 2.30 bits per heavy atom. The van der Waals surface area contributed by atoms with Gasteiger partial charge in [0.15, 0.2) is 9.84 Å². The number of fused-ring (bicyclic) bond motifs is 1. The summed E-state index contributed by atoms with van der Waals surface area (Å²) in [5, 5.41) is 3.53. The third-order valence-electron chi connectivity index (χ3n) is 3.72. The number of nitrogens with one attached hydrogen (secondary N) is 1. The van der Waals surface area contributed by atoms with E-state index >= 15 is 0 Å². The van der Waals surface area contributed by atoms with E-state index in [-0.39, 0.29) is 23.5 Å². The number of furan rings is 1. The summed E-state index contributed by atoms with van der Waals surface area (Å²) in [7, 11) is -3.04. The molecular weight excluding hydrogens is 318 g/mol. The topological polar surface area (TPSA) is 85.6 Å². The van der Waals surface area contributed by atoms with Crippen LogP contribution in [0, 0.1) is 0 Å². The number of sulfone groups is 1. The fraction of sp³-hybridized carbons (Fsp3) is 0.312. The molecule has 1 saturated heterocycles. The van der Waals surface area contributed by atoms with Crippen LogP contribution in [0.15, 0.2) is 41.5 Å². The molecule has 1 amide bonds. The van der Waals surface area contributed by atoms with Crippen LogP contribution < -0.4 is 10.1 Å². The fourth-order valence-corrected chi connectivity index (χ4v) is 4.29. The van der Waals surface area contributed by atoms with Gasteiger partial charge in [0, 0.05) is 11.6 Å². The SMILES string of the molecule is C=CCOc1cc(C(=O)NC2CCS(=O)(=O)C2)cc2occc12. The predicted octanol–water partition coefficient (Wildman–Crippen LogP) is 1.91. The number of benzene rings is 1. The third-order valence-corrected chi connectivity index (χ3v) is 5.49. The van der Waals surface area contributed by atoms with E-state index < -0.39 is 9.84 Å². The Hall–Kier alpha value is -2.28. The van der Waals surface area contributed by atoms with Crippen molar-refractivity contribution in [2.24, 2.45) is 0 Å². The minimum absolute atomic E-state index is 0.0123. The van der Waals surface area contributed by atoms with Crippen LogP contribution in [0.5, 0.6) is 5.75 Å². The van der Waals surface area contributed by atoms with E-state index in [1.165, 1.54) is 6.26 Å². The van der Waals surface area contributed by atoms with Crippen LogP contribution in [0.25, 0.3) is 11.0 Å². The fourth-order valence-electron chi connectivity index (χ4n) is 2.61. The van der Waals surface area contributed by atoms with Gasteiger partial charge in [0.05, 0.1) is 23.2 Å². The lowest BCUT2D eigenvalue weighted by Gasteiger charge is -2.12. The van der Waals surface area contributed by atoms with E-state index in [1.54, 1.807) is 24.3 Å². The molecule has 7 heteroatoms. The minimum Gasteiger partial charge on any atom is -0.489 e. The van der Waals surface area contributed by atoms with Gasteiger partial charge >= 0.3 is 0 Å². The first kappa shape index (κ1) is 15.6. The van der Waals surface area contributed by atoms with Gasteiger partial charge in [-0.25, -0.2) is 8.42 Å². The zero-order chi connectivity index (χ0) is 16.4. The molecule has 1 aliphatic rings. The maximum atomic E-state index is 12.4. The molecule has 0 radical (unpaired) electrons. The summed E-state index contributed by atoms with van der Waals surface area (Å²) in [6.07, 6.45) is 3.58. The molecule has 0 spiro atoms. The third kappa shape index (κ3) is 3.39. The molecule has 1 aliphatic heterocycles. The van der Waals surface area contributed by atoms with Crippen LogP contribution in [-0.4, -0.2) is 38.5 Å². The van der Waals surface area contributed by atoms with Crippen LogP contribution in [0.1, 0.15) is 16.8 Å². The second-order valence-electron chi connectivity index (χ2n) is 5.48. The van der Waals surface area contributed by atoms with Crippen molar-refractivity contribution in [2.75, 3.05) is 18.1 Å². The smallest absolute Gasteiger partial charge is 0.251 e. The Morgan fingerprint density at radius 1 is 1.48 bits per heavy atom. The van der Waals surface area contributed by atoms with Gasteiger partial charge in [-0.1, -0.05) is 12.7 Å². The van der Waals surface area contributed by atoms with Crippen molar-refractivity contribution in [3.8, 4) is 5.75 Å². The molecule has 3 rings (SSSR count). The van der Waals surface area contributed by atoms with Crippen molar-refractivity contribution in [1.82, 2.24) is 5.32 Å². The normalized spacial score (nSPS) is 19.6. The Balaban J connectivity index is 1.84. The van der Waals surface area contributed by atoms with Gasteiger partial charge in [-0.3, -0.25) is 4.79 Å². The zero-order valence-corrected chi connectivity index (χ0v) is 13.3. The lowest BCUT2D eigenvalue weighted by Crippen LogP contribution is -2.35. The van der Waals surface area contributed by atoms with Gasteiger partial charge in [0.2, 0.25) is 0 Å². The quantitative estimate of drug-likeness (QED) is 0.844. The van der Waals surface area contributed by atoms with Crippen LogP contribution in [-0.2, 0) is 9.84 Å². The molecule has 122 valence electrons. The Morgan fingerprint density at radius 3 is 3.00 bits per heavy atom. The molecule has 2 aromatic rings. The van der Waals surface area contributed by atoms with Crippen molar-refractivity contribution in [2.45, 2.75) is 12.5 Å². The lowest BCUT2D eigenvalue weighted by molar-refractivity contribution is 0.0940. The summed E-state index contributed by atoms with van der Waals surface area (Å²) in [6.45, 7) is 3.91. The van der Waals surface area contributed by atoms with Gasteiger partial charge < -0.3 is 14.5 Å². The van der Waals surface area contributed by atoms with E-state index in [4.69, 9.17) is 9.15 Å². The molecule has 1 aromatic carbocycles. The van der Waals surface area contributed by atoms with Crippen molar-refractivity contribution in [3.63, 3.8) is 0 Å². The molecule has 1 atom stereocenters. The number of carbonyl (C=O) groups excluding carboxylic acids is 1. The number of hydrogen-bond acceptors (Lipinski definition) is 5. The number of rotatable bonds is 5. The summed E-state index contributed by atoms with van der Waals surface area (Å²) in [6, 6.07) is 4.66. The first-order valence-electron chi connectivity index (χ1n) is 7.25. The van der Waals surface area contributed by atoms with E-state index in [1.807, 2.05) is 0 Å². The molecule has 0 saturated carbocycles. The zero-order valence-electron chi connectivity index (χ0n) is 12.4. The molecule has 1 fully saturated rings. The molecule has 1 N–H and O–H groups in total. The molecular formula is C16H17NO5S. The van der Waals surface area contributed by atoms with Gasteiger partial charge in [0.25, 0.3) is 5.91 Å². The summed E-state index contributed by atoms with van der Waals surface area (Å²) in [5.41, 5.74) is 0.909. The maximum Gasteiger partial charge on any atom is 0.251 e. The van der Waals surface area contributed by atoms with Gasteiger partial charge in [-0.15, -0.1) is 0 Å². The highest BCUT2D eigenvalue weighted by molar-refractivity contribution is 7.91. The summed E-state index contributed by atoms with van der Waals surface area (Å²) < 4.78 is 33.9. The molecule has 0 aliphatic carbocycles. The van der Waals surface area contributed by atoms with Crippen LogP contribution >= 0.6 is 0 Å². The molecule has 6 nitrogen and oxygen atoms in total. The Bertz CT molecular complexity index is 852. The highest BCUT2D eigenvalue weighted by Gasteiger charge is 2.29.